The quantitative estimate of drug-likeness (QED) is 0.868. The molecular weight excluding hydrogens is 226 g/mol. The minimum absolute atomic E-state index is 0.198. The lowest BCUT2D eigenvalue weighted by atomic mass is 10.1. The second-order valence-corrected chi connectivity index (χ2v) is 3.52. The zero-order valence-corrected chi connectivity index (χ0v) is 9.40. The Morgan fingerprint density at radius 3 is 2.75 bits per heavy atom. The number of halogens is 1. The van der Waals surface area contributed by atoms with E-state index in [2.05, 4.69) is 10.2 Å². The van der Waals surface area contributed by atoms with Crippen LogP contribution in [0, 0.1) is 0 Å². The maximum atomic E-state index is 5.85. The molecule has 0 radical (unpaired) electrons. The molecule has 16 heavy (non-hydrogen) atoms. The van der Waals surface area contributed by atoms with E-state index in [0.29, 0.717) is 5.69 Å². The van der Waals surface area contributed by atoms with Crippen molar-refractivity contribution in [2.75, 3.05) is 12.8 Å². The van der Waals surface area contributed by atoms with Gasteiger partial charge in [0, 0.05) is 11.1 Å². The van der Waals surface area contributed by atoms with Crippen LogP contribution < -0.4 is 10.5 Å². The van der Waals surface area contributed by atoms with E-state index in [1.807, 2.05) is 24.3 Å². The van der Waals surface area contributed by atoms with E-state index in [0.717, 1.165) is 16.9 Å². The number of nitrogens with zero attached hydrogens (tertiary/aromatic N) is 2. The smallest absolute Gasteiger partial charge is 0.175 e. The topological polar surface area (TPSA) is 61.0 Å². The van der Waals surface area contributed by atoms with Crippen LogP contribution in [0.25, 0.3) is 11.1 Å². The number of nitrogens with two attached hydrogens (primary N) is 1. The van der Waals surface area contributed by atoms with E-state index in [9.17, 15) is 0 Å². The molecule has 2 N–H and O–H groups in total. The summed E-state index contributed by atoms with van der Waals surface area (Å²) in [5, 5.41) is 7.65. The third kappa shape index (κ3) is 1.79. The predicted molar refractivity (Wildman–Crippen MR) is 63.4 cm³/mol. The van der Waals surface area contributed by atoms with Crippen molar-refractivity contribution in [3.05, 3.63) is 35.6 Å². The summed E-state index contributed by atoms with van der Waals surface area (Å²) in [6.45, 7) is 0. The summed E-state index contributed by atoms with van der Waals surface area (Å²) >= 11 is 5.82. The Hall–Kier alpha value is -1.81. The molecule has 0 fully saturated rings. The molecule has 82 valence electrons. The summed E-state index contributed by atoms with van der Waals surface area (Å²) < 4.78 is 5.25. The van der Waals surface area contributed by atoms with Crippen molar-refractivity contribution in [1.29, 1.82) is 0 Å². The first kappa shape index (κ1) is 10.7. The first-order valence-corrected chi connectivity index (χ1v) is 5.02. The van der Waals surface area contributed by atoms with Crippen LogP contribution in [0.1, 0.15) is 0 Å². The fourth-order valence-corrected chi connectivity index (χ4v) is 1.60. The summed E-state index contributed by atoms with van der Waals surface area (Å²) in [5.41, 5.74) is 7.82. The zero-order valence-electron chi connectivity index (χ0n) is 8.64. The van der Waals surface area contributed by atoms with Gasteiger partial charge in [0.1, 0.15) is 5.75 Å². The number of methoxy groups -OCH3 is 1. The molecule has 2 aromatic rings. The van der Waals surface area contributed by atoms with E-state index >= 15 is 0 Å². The van der Waals surface area contributed by atoms with Crippen LogP contribution in [-0.2, 0) is 0 Å². The number of rotatable bonds is 2. The number of anilines is 1. The monoisotopic (exact) mass is 235 g/mol. The van der Waals surface area contributed by atoms with Crippen LogP contribution in [0.5, 0.6) is 5.75 Å². The summed E-state index contributed by atoms with van der Waals surface area (Å²) in [7, 11) is 1.60. The predicted octanol–water partition coefficient (Wildman–Crippen LogP) is 2.39. The van der Waals surface area contributed by atoms with Crippen molar-refractivity contribution in [1.82, 2.24) is 10.2 Å². The SMILES string of the molecule is COc1ccccc1-c1cnnc(Cl)c1N. The van der Waals surface area contributed by atoms with Crippen LogP contribution in [0.4, 0.5) is 5.69 Å². The van der Waals surface area contributed by atoms with E-state index in [1.54, 1.807) is 13.3 Å². The van der Waals surface area contributed by atoms with Crippen molar-refractivity contribution in [3.8, 4) is 16.9 Å². The standard InChI is InChI=1S/C11H10ClN3O/c1-16-9-5-3-2-4-7(9)8-6-14-15-11(12)10(8)13/h2-6H,1H3,(H2,13,14). The molecule has 1 aromatic carbocycles. The Morgan fingerprint density at radius 1 is 1.25 bits per heavy atom. The zero-order chi connectivity index (χ0) is 11.5. The summed E-state index contributed by atoms with van der Waals surface area (Å²) in [4.78, 5) is 0. The van der Waals surface area contributed by atoms with Crippen LogP contribution in [0.2, 0.25) is 5.15 Å². The molecule has 0 saturated carbocycles. The molecule has 2 rings (SSSR count). The molecule has 0 saturated heterocycles. The van der Waals surface area contributed by atoms with E-state index < -0.39 is 0 Å². The molecule has 5 heteroatoms. The lowest BCUT2D eigenvalue weighted by Crippen LogP contribution is -1.97. The van der Waals surface area contributed by atoms with Crippen LogP contribution in [-0.4, -0.2) is 17.3 Å². The fourth-order valence-electron chi connectivity index (χ4n) is 1.45. The molecule has 4 nitrogen and oxygen atoms in total. The molecular formula is C11H10ClN3O. The number of aromatic nitrogens is 2. The molecule has 0 aliphatic rings. The minimum Gasteiger partial charge on any atom is -0.496 e. The fraction of sp³-hybridized carbons (Fsp3) is 0.0909. The minimum atomic E-state index is 0.198. The van der Waals surface area contributed by atoms with Gasteiger partial charge in [0.25, 0.3) is 0 Å². The van der Waals surface area contributed by atoms with Gasteiger partial charge in [-0.15, -0.1) is 5.10 Å². The van der Waals surface area contributed by atoms with Crippen LogP contribution in [0.3, 0.4) is 0 Å². The van der Waals surface area contributed by atoms with Gasteiger partial charge in [-0.3, -0.25) is 0 Å². The van der Waals surface area contributed by atoms with Gasteiger partial charge in [0.2, 0.25) is 0 Å². The Bertz CT molecular complexity index is 516. The van der Waals surface area contributed by atoms with Crippen molar-refractivity contribution < 1.29 is 4.74 Å². The van der Waals surface area contributed by atoms with Gasteiger partial charge in [-0.05, 0) is 6.07 Å². The molecule has 0 aliphatic carbocycles. The highest BCUT2D eigenvalue weighted by Gasteiger charge is 2.11. The first-order chi connectivity index (χ1) is 7.74. The van der Waals surface area contributed by atoms with Gasteiger partial charge in [-0.2, -0.15) is 5.10 Å². The molecule has 0 atom stereocenters. The maximum Gasteiger partial charge on any atom is 0.175 e. The number of ether oxygens (including phenoxy) is 1. The lowest BCUT2D eigenvalue weighted by Gasteiger charge is -2.09. The molecule has 0 unspecified atom stereocenters. The average Bonchev–Trinajstić information content (AvgIpc) is 2.33. The summed E-state index contributed by atoms with van der Waals surface area (Å²) in [6.07, 6.45) is 1.57. The Morgan fingerprint density at radius 2 is 2.00 bits per heavy atom. The van der Waals surface area contributed by atoms with Crippen molar-refractivity contribution in [2.45, 2.75) is 0 Å². The lowest BCUT2D eigenvalue weighted by molar-refractivity contribution is 0.416. The van der Waals surface area contributed by atoms with Gasteiger partial charge in [-0.1, -0.05) is 29.8 Å². The highest BCUT2D eigenvalue weighted by Crippen LogP contribution is 2.34. The normalized spacial score (nSPS) is 10.1. The highest BCUT2D eigenvalue weighted by molar-refractivity contribution is 6.32. The van der Waals surface area contributed by atoms with Gasteiger partial charge >= 0.3 is 0 Å². The molecule has 0 bridgehead atoms. The first-order valence-electron chi connectivity index (χ1n) is 4.64. The average molecular weight is 236 g/mol. The molecule has 1 aromatic heterocycles. The van der Waals surface area contributed by atoms with E-state index in [-0.39, 0.29) is 5.15 Å². The van der Waals surface area contributed by atoms with Crippen LogP contribution >= 0.6 is 11.6 Å². The second kappa shape index (κ2) is 4.37. The van der Waals surface area contributed by atoms with Gasteiger partial charge < -0.3 is 10.5 Å². The van der Waals surface area contributed by atoms with E-state index in [4.69, 9.17) is 22.1 Å². The van der Waals surface area contributed by atoms with Gasteiger partial charge in [0.05, 0.1) is 19.0 Å². The Labute approximate surface area is 98.0 Å². The third-order valence-corrected chi connectivity index (χ3v) is 2.52. The van der Waals surface area contributed by atoms with Crippen molar-refractivity contribution in [3.63, 3.8) is 0 Å². The molecule has 0 spiro atoms. The molecule has 0 amide bonds. The number of hydrogen-bond donors (Lipinski definition) is 1. The highest BCUT2D eigenvalue weighted by atomic mass is 35.5. The Balaban J connectivity index is 2.63. The largest absolute Gasteiger partial charge is 0.496 e. The number of para-hydroxylation sites is 1. The second-order valence-electron chi connectivity index (χ2n) is 3.16. The number of hydrogen-bond acceptors (Lipinski definition) is 4. The molecule has 0 aliphatic heterocycles. The van der Waals surface area contributed by atoms with Crippen LogP contribution in [0.15, 0.2) is 30.5 Å². The Kier molecular flexibility index (Phi) is 2.92. The third-order valence-electron chi connectivity index (χ3n) is 2.24. The van der Waals surface area contributed by atoms with E-state index in [1.165, 1.54) is 0 Å². The summed E-state index contributed by atoms with van der Waals surface area (Å²) in [6, 6.07) is 7.52. The van der Waals surface area contributed by atoms with Gasteiger partial charge in [-0.25, -0.2) is 0 Å². The summed E-state index contributed by atoms with van der Waals surface area (Å²) in [5.74, 6) is 0.721. The molecule has 1 heterocycles. The van der Waals surface area contributed by atoms with Crippen molar-refractivity contribution in [2.24, 2.45) is 0 Å². The van der Waals surface area contributed by atoms with Crippen molar-refractivity contribution >= 4 is 17.3 Å². The van der Waals surface area contributed by atoms with Gasteiger partial charge in [0.15, 0.2) is 5.15 Å². The number of nitrogen functional groups attached to an aromatic ring is 1. The number of benzene rings is 1. The maximum absolute atomic E-state index is 5.85.